The van der Waals surface area contributed by atoms with E-state index in [-0.39, 0.29) is 0 Å². The molecule has 0 saturated carbocycles. The number of thiazole rings is 1. The van der Waals surface area contributed by atoms with E-state index >= 15 is 0 Å². The highest BCUT2D eigenvalue weighted by atomic mass is 32.1. The quantitative estimate of drug-likeness (QED) is 0.860. The van der Waals surface area contributed by atoms with Crippen molar-refractivity contribution in [2.24, 2.45) is 5.92 Å². The number of nitrogens with zero attached hydrogens (tertiary/aromatic N) is 5. The Hall–Kier alpha value is -1.89. The third kappa shape index (κ3) is 2.63. The van der Waals surface area contributed by atoms with Crippen molar-refractivity contribution in [1.82, 2.24) is 15.0 Å². The summed E-state index contributed by atoms with van der Waals surface area (Å²) in [5.74, 6) is 2.22. The highest BCUT2D eigenvalue weighted by Gasteiger charge is 2.40. The molecule has 2 unspecified atom stereocenters. The van der Waals surface area contributed by atoms with Crippen molar-refractivity contribution in [2.45, 2.75) is 25.8 Å². The molecule has 0 spiro atoms. The zero-order chi connectivity index (χ0) is 15.8. The monoisotopic (exact) mass is 331 g/mol. The minimum atomic E-state index is 0.501. The molecule has 0 aromatic carbocycles. The number of rotatable bonds is 3. The molecule has 0 bridgehead atoms. The molecule has 2 aliphatic rings. The van der Waals surface area contributed by atoms with Gasteiger partial charge in [0, 0.05) is 43.1 Å². The summed E-state index contributed by atoms with van der Waals surface area (Å²) in [5, 5.41) is 1.16. The van der Waals surface area contributed by atoms with E-state index in [9.17, 15) is 0 Å². The normalized spacial score (nSPS) is 23.9. The van der Waals surface area contributed by atoms with Crippen molar-refractivity contribution in [2.75, 3.05) is 36.5 Å². The molecular formula is C16H21N5OS. The summed E-state index contributed by atoms with van der Waals surface area (Å²) >= 11 is 1.79. The van der Waals surface area contributed by atoms with Crippen molar-refractivity contribution in [3.05, 3.63) is 23.5 Å². The Labute approximate surface area is 140 Å². The lowest BCUT2D eigenvalue weighted by molar-refractivity contribution is 0.372. The van der Waals surface area contributed by atoms with E-state index in [1.165, 1.54) is 17.7 Å². The molecule has 0 radical (unpaired) electrons. The maximum absolute atomic E-state index is 5.39. The molecule has 0 aliphatic carbocycles. The molecule has 2 atom stereocenters. The van der Waals surface area contributed by atoms with Gasteiger partial charge in [-0.25, -0.2) is 15.0 Å². The molecule has 4 heterocycles. The summed E-state index contributed by atoms with van der Waals surface area (Å²) in [5.41, 5.74) is 0. The van der Waals surface area contributed by atoms with Gasteiger partial charge >= 0.3 is 0 Å². The fourth-order valence-electron chi connectivity index (χ4n) is 3.72. The Kier molecular flexibility index (Phi) is 3.80. The summed E-state index contributed by atoms with van der Waals surface area (Å²) in [4.78, 5) is 19.4. The van der Waals surface area contributed by atoms with Gasteiger partial charge < -0.3 is 14.5 Å². The lowest BCUT2D eigenvalue weighted by Gasteiger charge is -2.39. The fourth-order valence-corrected chi connectivity index (χ4v) is 4.57. The van der Waals surface area contributed by atoms with Gasteiger partial charge in [-0.3, -0.25) is 0 Å². The van der Waals surface area contributed by atoms with Crippen molar-refractivity contribution in [3.8, 4) is 5.88 Å². The number of hydrogen-bond acceptors (Lipinski definition) is 7. The summed E-state index contributed by atoms with van der Waals surface area (Å²) < 4.78 is 5.39. The van der Waals surface area contributed by atoms with Gasteiger partial charge in [-0.05, 0) is 25.7 Å². The van der Waals surface area contributed by atoms with Gasteiger partial charge in [0.1, 0.15) is 0 Å². The van der Waals surface area contributed by atoms with Crippen LogP contribution in [0.1, 0.15) is 17.7 Å². The van der Waals surface area contributed by atoms with Crippen LogP contribution in [-0.2, 0) is 0 Å². The number of anilines is 2. The van der Waals surface area contributed by atoms with Gasteiger partial charge in [0.25, 0.3) is 5.88 Å². The first-order valence-corrected chi connectivity index (χ1v) is 8.87. The first kappa shape index (κ1) is 14.7. The smallest absolute Gasteiger partial charge is 0.257 e. The van der Waals surface area contributed by atoms with Crippen molar-refractivity contribution >= 4 is 22.3 Å². The predicted molar refractivity (Wildman–Crippen MR) is 91.5 cm³/mol. The van der Waals surface area contributed by atoms with Crippen LogP contribution in [0.3, 0.4) is 0 Å². The molecule has 4 rings (SSSR count). The summed E-state index contributed by atoms with van der Waals surface area (Å²) in [6, 6.07) is 0.501. The van der Waals surface area contributed by atoms with E-state index in [4.69, 9.17) is 4.74 Å². The second-order valence-electron chi connectivity index (χ2n) is 6.19. The minimum absolute atomic E-state index is 0.501. The fraction of sp³-hybridized carbons (Fsp3) is 0.562. The minimum Gasteiger partial charge on any atom is -0.478 e. The highest BCUT2D eigenvalue weighted by Crippen LogP contribution is 2.38. The number of piperidine rings is 1. The molecule has 2 aliphatic heterocycles. The standard InChI is InChI=1S/C16H21N5OS/c1-11-9-19-16(23-11)21-8-4-12-3-7-20(10-13(12)21)14-15(22-2)18-6-5-17-14/h5-6,9,12-13H,3-4,7-8,10H2,1-2H3. The molecule has 2 saturated heterocycles. The van der Waals surface area contributed by atoms with Crippen molar-refractivity contribution in [1.29, 1.82) is 0 Å². The van der Waals surface area contributed by atoms with Crippen LogP contribution in [0.15, 0.2) is 18.6 Å². The Morgan fingerprint density at radius 1 is 1.17 bits per heavy atom. The Bertz CT molecular complexity index is 691. The molecule has 0 amide bonds. The number of hydrogen-bond donors (Lipinski definition) is 0. The lowest BCUT2D eigenvalue weighted by Crippen LogP contribution is -2.48. The van der Waals surface area contributed by atoms with Crippen molar-refractivity contribution < 1.29 is 4.74 Å². The van der Waals surface area contributed by atoms with Crippen LogP contribution in [-0.4, -0.2) is 47.7 Å². The summed E-state index contributed by atoms with van der Waals surface area (Å²) in [6.45, 7) is 5.19. The number of aromatic nitrogens is 3. The van der Waals surface area contributed by atoms with E-state index in [2.05, 4.69) is 31.7 Å². The molecule has 6 nitrogen and oxygen atoms in total. The maximum Gasteiger partial charge on any atom is 0.257 e. The van der Waals surface area contributed by atoms with E-state index in [0.29, 0.717) is 11.9 Å². The average molecular weight is 331 g/mol. The first-order chi connectivity index (χ1) is 11.3. The molecule has 2 aromatic rings. The third-order valence-corrected chi connectivity index (χ3v) is 5.81. The van der Waals surface area contributed by atoms with Crippen LogP contribution in [0.4, 0.5) is 10.9 Å². The zero-order valence-electron chi connectivity index (χ0n) is 13.5. The van der Waals surface area contributed by atoms with Gasteiger partial charge in [-0.1, -0.05) is 0 Å². The Morgan fingerprint density at radius 2 is 2.00 bits per heavy atom. The zero-order valence-corrected chi connectivity index (χ0v) is 14.3. The largest absolute Gasteiger partial charge is 0.478 e. The van der Waals surface area contributed by atoms with E-state index in [1.54, 1.807) is 30.8 Å². The molecule has 23 heavy (non-hydrogen) atoms. The van der Waals surface area contributed by atoms with Gasteiger partial charge in [0.2, 0.25) is 0 Å². The maximum atomic E-state index is 5.39. The van der Waals surface area contributed by atoms with Crippen LogP contribution >= 0.6 is 11.3 Å². The molecular weight excluding hydrogens is 310 g/mol. The number of aryl methyl sites for hydroxylation is 1. The molecule has 122 valence electrons. The van der Waals surface area contributed by atoms with Crippen LogP contribution in [0.25, 0.3) is 0 Å². The van der Waals surface area contributed by atoms with Gasteiger partial charge in [-0.15, -0.1) is 11.3 Å². The topological polar surface area (TPSA) is 54.4 Å². The van der Waals surface area contributed by atoms with E-state index < -0.39 is 0 Å². The first-order valence-electron chi connectivity index (χ1n) is 8.05. The SMILES string of the molecule is COc1nccnc1N1CCC2CCN(c3ncc(C)s3)C2C1. The molecule has 2 aromatic heterocycles. The van der Waals surface area contributed by atoms with E-state index in [1.807, 2.05) is 6.20 Å². The van der Waals surface area contributed by atoms with Crippen LogP contribution < -0.4 is 14.5 Å². The predicted octanol–water partition coefficient (Wildman–Crippen LogP) is 2.36. The van der Waals surface area contributed by atoms with Gasteiger partial charge in [0.05, 0.1) is 13.2 Å². The second kappa shape index (κ2) is 5.96. The number of methoxy groups -OCH3 is 1. The summed E-state index contributed by atoms with van der Waals surface area (Å²) in [6.07, 6.45) is 7.83. The van der Waals surface area contributed by atoms with Crippen LogP contribution in [0, 0.1) is 12.8 Å². The van der Waals surface area contributed by atoms with Crippen LogP contribution in [0.5, 0.6) is 5.88 Å². The molecule has 7 heteroatoms. The molecule has 2 fully saturated rings. The Balaban J connectivity index is 1.58. The lowest BCUT2D eigenvalue weighted by atomic mass is 9.92. The number of ether oxygens (including phenoxy) is 1. The van der Waals surface area contributed by atoms with Crippen LogP contribution in [0.2, 0.25) is 0 Å². The number of fused-ring (bicyclic) bond motifs is 1. The van der Waals surface area contributed by atoms with Gasteiger partial charge in [0.15, 0.2) is 10.9 Å². The van der Waals surface area contributed by atoms with Crippen molar-refractivity contribution in [3.63, 3.8) is 0 Å². The summed E-state index contributed by atoms with van der Waals surface area (Å²) in [7, 11) is 1.65. The second-order valence-corrected chi connectivity index (χ2v) is 7.40. The third-order valence-electron chi connectivity index (χ3n) is 4.86. The van der Waals surface area contributed by atoms with E-state index in [0.717, 1.165) is 36.5 Å². The average Bonchev–Trinajstić information content (AvgIpc) is 3.20. The molecule has 0 N–H and O–H groups in total. The van der Waals surface area contributed by atoms with Gasteiger partial charge in [-0.2, -0.15) is 0 Å². The highest BCUT2D eigenvalue weighted by molar-refractivity contribution is 7.15. The Morgan fingerprint density at radius 3 is 2.78 bits per heavy atom.